The summed E-state index contributed by atoms with van der Waals surface area (Å²) in [7, 11) is 0. The van der Waals surface area contributed by atoms with Crippen molar-refractivity contribution in [3.8, 4) is 0 Å². The second kappa shape index (κ2) is 5.37. The molecule has 1 fully saturated rings. The molecule has 1 aromatic rings. The lowest BCUT2D eigenvalue weighted by Gasteiger charge is -2.35. The van der Waals surface area contributed by atoms with Crippen molar-refractivity contribution < 1.29 is 5.11 Å². The van der Waals surface area contributed by atoms with Crippen LogP contribution in [0.25, 0.3) is 0 Å². The summed E-state index contributed by atoms with van der Waals surface area (Å²) in [6, 6.07) is 5.34. The van der Waals surface area contributed by atoms with E-state index < -0.39 is 5.60 Å². The fourth-order valence-electron chi connectivity index (χ4n) is 2.42. The smallest absolute Gasteiger partial charge is 0.0819 e. The number of anilines is 2. The maximum absolute atomic E-state index is 10.5. The average molecular weight is 269 g/mol. The lowest BCUT2D eigenvalue weighted by molar-refractivity contribution is 0.00502. The van der Waals surface area contributed by atoms with Crippen LogP contribution in [-0.4, -0.2) is 17.3 Å². The molecule has 0 saturated heterocycles. The third-order valence-electron chi connectivity index (χ3n) is 3.83. The van der Waals surface area contributed by atoms with E-state index in [1.54, 1.807) is 18.2 Å². The van der Waals surface area contributed by atoms with Crippen molar-refractivity contribution in [1.29, 1.82) is 0 Å². The fraction of sp³-hybridized carbons (Fsp3) is 0.571. The Labute approximate surface area is 113 Å². The molecule has 4 N–H and O–H groups in total. The van der Waals surface area contributed by atoms with Crippen molar-refractivity contribution in [2.75, 3.05) is 17.6 Å². The highest BCUT2D eigenvalue weighted by atomic mass is 35.5. The maximum atomic E-state index is 10.5. The predicted molar refractivity (Wildman–Crippen MR) is 76.9 cm³/mol. The first-order valence-corrected chi connectivity index (χ1v) is 6.88. The van der Waals surface area contributed by atoms with Gasteiger partial charge in [-0.3, -0.25) is 0 Å². The van der Waals surface area contributed by atoms with Gasteiger partial charge in [0.25, 0.3) is 0 Å². The Morgan fingerprint density at radius 1 is 1.44 bits per heavy atom. The molecule has 0 atom stereocenters. The van der Waals surface area contributed by atoms with Crippen molar-refractivity contribution in [3.63, 3.8) is 0 Å². The number of hydrogen-bond acceptors (Lipinski definition) is 3. The Balaban J connectivity index is 1.96. The number of nitrogen functional groups attached to an aromatic ring is 1. The molecule has 0 unspecified atom stereocenters. The molecule has 0 aromatic heterocycles. The molecule has 0 aliphatic heterocycles. The quantitative estimate of drug-likeness (QED) is 0.738. The Kier molecular flexibility index (Phi) is 4.03. The molecule has 0 heterocycles. The third-order valence-corrected chi connectivity index (χ3v) is 4.06. The number of nitrogens with two attached hydrogens (primary N) is 1. The Bertz CT molecular complexity index is 414. The highest BCUT2D eigenvalue weighted by Gasteiger charge is 2.31. The molecule has 4 heteroatoms. The molecule has 100 valence electrons. The molecule has 2 rings (SSSR count). The van der Waals surface area contributed by atoms with E-state index >= 15 is 0 Å². The van der Waals surface area contributed by atoms with E-state index in [2.05, 4.69) is 12.2 Å². The topological polar surface area (TPSA) is 58.3 Å². The van der Waals surface area contributed by atoms with Gasteiger partial charge in [0.2, 0.25) is 0 Å². The van der Waals surface area contributed by atoms with E-state index in [0.717, 1.165) is 37.3 Å². The first-order chi connectivity index (χ1) is 8.48. The molecular weight excluding hydrogens is 248 g/mol. The van der Waals surface area contributed by atoms with Crippen LogP contribution in [0.4, 0.5) is 11.4 Å². The first kappa shape index (κ1) is 13.5. The van der Waals surface area contributed by atoms with Gasteiger partial charge in [-0.1, -0.05) is 18.5 Å². The van der Waals surface area contributed by atoms with Gasteiger partial charge in [-0.15, -0.1) is 0 Å². The van der Waals surface area contributed by atoms with Crippen molar-refractivity contribution in [2.24, 2.45) is 5.92 Å². The van der Waals surface area contributed by atoms with E-state index in [4.69, 9.17) is 17.3 Å². The zero-order valence-electron chi connectivity index (χ0n) is 10.7. The maximum Gasteiger partial charge on any atom is 0.0819 e. The van der Waals surface area contributed by atoms with Gasteiger partial charge in [-0.2, -0.15) is 0 Å². The molecule has 1 aliphatic rings. The summed E-state index contributed by atoms with van der Waals surface area (Å²) in [5.74, 6) is 0.724. The van der Waals surface area contributed by atoms with Crippen LogP contribution in [0.5, 0.6) is 0 Å². The van der Waals surface area contributed by atoms with Crippen LogP contribution in [0.15, 0.2) is 18.2 Å². The molecule has 3 nitrogen and oxygen atoms in total. The predicted octanol–water partition coefficient (Wildman–Crippen LogP) is 3.28. The van der Waals surface area contributed by atoms with Gasteiger partial charge in [0.05, 0.1) is 17.0 Å². The Hall–Kier alpha value is -0.930. The second-order valence-electron chi connectivity index (χ2n) is 5.49. The van der Waals surface area contributed by atoms with Gasteiger partial charge in [0.15, 0.2) is 0 Å². The van der Waals surface area contributed by atoms with Crippen LogP contribution in [-0.2, 0) is 0 Å². The van der Waals surface area contributed by atoms with E-state index in [9.17, 15) is 5.11 Å². The lowest BCUT2D eigenvalue weighted by atomic mass is 9.79. The summed E-state index contributed by atoms with van der Waals surface area (Å²) in [6.07, 6.45) is 3.87. The van der Waals surface area contributed by atoms with Crippen molar-refractivity contribution >= 4 is 23.0 Å². The normalized spacial score (nSPS) is 28.1. The van der Waals surface area contributed by atoms with Crippen LogP contribution in [0.3, 0.4) is 0 Å². The summed E-state index contributed by atoms with van der Waals surface area (Å²) in [5.41, 5.74) is 6.72. The Morgan fingerprint density at radius 3 is 2.78 bits per heavy atom. The minimum absolute atomic E-state index is 0.532. The zero-order valence-corrected chi connectivity index (χ0v) is 11.5. The summed E-state index contributed by atoms with van der Waals surface area (Å²) < 4.78 is 0. The number of rotatable bonds is 3. The number of halogens is 1. The van der Waals surface area contributed by atoms with E-state index in [0.29, 0.717) is 17.3 Å². The van der Waals surface area contributed by atoms with E-state index in [-0.39, 0.29) is 0 Å². The molecule has 0 radical (unpaired) electrons. The van der Waals surface area contributed by atoms with Crippen LogP contribution in [0.2, 0.25) is 5.02 Å². The molecule has 1 aromatic carbocycles. The first-order valence-electron chi connectivity index (χ1n) is 6.50. The molecule has 18 heavy (non-hydrogen) atoms. The van der Waals surface area contributed by atoms with Crippen LogP contribution in [0, 0.1) is 5.92 Å². The lowest BCUT2D eigenvalue weighted by Crippen LogP contribution is -2.40. The zero-order chi connectivity index (χ0) is 13.2. The van der Waals surface area contributed by atoms with Gasteiger partial charge < -0.3 is 16.2 Å². The standard InChI is InChI=1S/C14H21ClN2O/c1-10-4-6-14(18,7-5-10)9-17-13-8-11(15)2-3-12(13)16/h2-3,8,10,17-18H,4-7,9,16H2,1H3. The molecule has 1 aliphatic carbocycles. The van der Waals surface area contributed by atoms with E-state index in [1.165, 1.54) is 0 Å². The summed E-state index contributed by atoms with van der Waals surface area (Å²) >= 11 is 5.93. The Morgan fingerprint density at radius 2 is 2.11 bits per heavy atom. The van der Waals surface area contributed by atoms with Crippen molar-refractivity contribution in [1.82, 2.24) is 0 Å². The highest BCUT2D eigenvalue weighted by molar-refractivity contribution is 6.31. The van der Waals surface area contributed by atoms with Gasteiger partial charge in [0, 0.05) is 11.6 Å². The SMILES string of the molecule is CC1CCC(O)(CNc2cc(Cl)ccc2N)CC1. The van der Waals surface area contributed by atoms with Gasteiger partial charge in [-0.25, -0.2) is 0 Å². The van der Waals surface area contributed by atoms with Gasteiger partial charge in [-0.05, 0) is 49.8 Å². The number of nitrogens with one attached hydrogen (secondary N) is 1. The molecule has 0 amide bonds. The van der Waals surface area contributed by atoms with Crippen LogP contribution in [0.1, 0.15) is 32.6 Å². The monoisotopic (exact) mass is 268 g/mol. The average Bonchev–Trinajstić information content (AvgIpc) is 2.35. The van der Waals surface area contributed by atoms with Crippen LogP contribution < -0.4 is 11.1 Å². The summed E-state index contributed by atoms with van der Waals surface area (Å²) in [6.45, 7) is 2.77. The molecule has 0 bridgehead atoms. The largest absolute Gasteiger partial charge is 0.397 e. The van der Waals surface area contributed by atoms with Crippen molar-refractivity contribution in [2.45, 2.75) is 38.2 Å². The summed E-state index contributed by atoms with van der Waals surface area (Å²) in [4.78, 5) is 0. The minimum atomic E-state index is -0.610. The number of hydrogen-bond donors (Lipinski definition) is 3. The van der Waals surface area contributed by atoms with Crippen molar-refractivity contribution in [3.05, 3.63) is 23.2 Å². The molecular formula is C14H21ClN2O. The van der Waals surface area contributed by atoms with Gasteiger partial charge >= 0.3 is 0 Å². The minimum Gasteiger partial charge on any atom is -0.397 e. The van der Waals surface area contributed by atoms with E-state index in [1.807, 2.05) is 0 Å². The number of benzene rings is 1. The second-order valence-corrected chi connectivity index (χ2v) is 5.93. The molecule has 0 spiro atoms. The third kappa shape index (κ3) is 3.30. The highest BCUT2D eigenvalue weighted by Crippen LogP contribution is 2.32. The van der Waals surface area contributed by atoms with Crippen LogP contribution >= 0.6 is 11.6 Å². The summed E-state index contributed by atoms with van der Waals surface area (Å²) in [5, 5.41) is 14.3. The van der Waals surface area contributed by atoms with Gasteiger partial charge in [0.1, 0.15) is 0 Å². The fourth-order valence-corrected chi connectivity index (χ4v) is 2.59. The molecule has 1 saturated carbocycles. The number of aliphatic hydroxyl groups is 1.